The Bertz CT molecular complexity index is 2160. The predicted molar refractivity (Wildman–Crippen MR) is 198 cm³/mol. The standard InChI is InChI=1S/C42H40N6/c1-2-3-4-5-6-7-8-21-38(47-36-19-11-9-17-32(36)34-22-26-45-39(41(34)47)30-15-13-24-43-28-30)48-37-20-12-10-18-33(37)35-23-27-46-40(42(35)48)31-16-14-25-44-29-31/h9-20,22-29,38H,2-8,21H2,1H3. The van der Waals surface area contributed by atoms with E-state index in [1.165, 1.54) is 71.1 Å². The number of benzene rings is 2. The number of para-hydroxylation sites is 2. The Morgan fingerprint density at radius 1 is 0.500 bits per heavy atom. The number of nitrogens with zero attached hydrogens (tertiary/aromatic N) is 6. The predicted octanol–water partition coefficient (Wildman–Crippen LogP) is 11.0. The first-order valence-corrected chi connectivity index (χ1v) is 17.4. The van der Waals surface area contributed by atoms with E-state index in [1.807, 2.05) is 49.3 Å². The average molecular weight is 629 g/mol. The minimum atomic E-state index is -0.0373. The summed E-state index contributed by atoms with van der Waals surface area (Å²) in [5.74, 6) is 0. The van der Waals surface area contributed by atoms with Gasteiger partial charge in [0.1, 0.15) is 6.17 Å². The van der Waals surface area contributed by atoms with Gasteiger partial charge in [-0.05, 0) is 61.4 Å². The SMILES string of the molecule is CCCCCCCCCC(n1c2ccccc2c2ccnc(-c3cccnc3)c21)n1c2ccccc2c2ccnc(-c3cccnc3)c21. The van der Waals surface area contributed by atoms with Gasteiger partial charge < -0.3 is 9.13 Å². The Morgan fingerprint density at radius 2 is 1.00 bits per heavy atom. The molecule has 238 valence electrons. The summed E-state index contributed by atoms with van der Waals surface area (Å²) in [4.78, 5) is 19.1. The van der Waals surface area contributed by atoms with Crippen molar-refractivity contribution in [2.75, 3.05) is 0 Å². The third-order valence-corrected chi connectivity index (χ3v) is 9.77. The maximum absolute atomic E-state index is 5.03. The zero-order valence-electron chi connectivity index (χ0n) is 27.5. The summed E-state index contributed by atoms with van der Waals surface area (Å²) in [6, 6.07) is 30.2. The molecule has 0 atom stereocenters. The van der Waals surface area contributed by atoms with Gasteiger partial charge in [0.05, 0.1) is 33.5 Å². The maximum atomic E-state index is 5.03. The van der Waals surface area contributed by atoms with Crippen molar-refractivity contribution in [3.05, 3.63) is 122 Å². The molecular weight excluding hydrogens is 589 g/mol. The van der Waals surface area contributed by atoms with Crippen LogP contribution in [0.25, 0.3) is 66.1 Å². The molecule has 0 saturated carbocycles. The normalized spacial score (nSPS) is 11.9. The van der Waals surface area contributed by atoms with Crippen LogP contribution in [0.1, 0.15) is 64.5 Å². The highest BCUT2D eigenvalue weighted by Gasteiger charge is 2.27. The van der Waals surface area contributed by atoms with Crippen LogP contribution in [0.15, 0.2) is 122 Å². The van der Waals surface area contributed by atoms with Gasteiger partial charge in [0.25, 0.3) is 0 Å². The van der Waals surface area contributed by atoms with E-state index in [4.69, 9.17) is 9.97 Å². The third kappa shape index (κ3) is 5.31. The fourth-order valence-electron chi connectivity index (χ4n) is 7.60. The molecule has 0 spiro atoms. The largest absolute Gasteiger partial charge is 0.317 e. The number of rotatable bonds is 12. The lowest BCUT2D eigenvalue weighted by molar-refractivity contribution is 0.418. The van der Waals surface area contributed by atoms with Crippen molar-refractivity contribution in [3.8, 4) is 22.5 Å². The van der Waals surface area contributed by atoms with Crippen molar-refractivity contribution in [2.45, 2.75) is 64.5 Å². The van der Waals surface area contributed by atoms with Crippen LogP contribution in [0.5, 0.6) is 0 Å². The summed E-state index contributed by atoms with van der Waals surface area (Å²) < 4.78 is 5.14. The van der Waals surface area contributed by atoms with Crippen LogP contribution < -0.4 is 0 Å². The monoisotopic (exact) mass is 628 g/mol. The van der Waals surface area contributed by atoms with Crippen molar-refractivity contribution >= 4 is 43.6 Å². The topological polar surface area (TPSA) is 61.4 Å². The molecule has 0 saturated heterocycles. The molecule has 0 radical (unpaired) electrons. The first kappa shape index (κ1) is 30.0. The van der Waals surface area contributed by atoms with E-state index >= 15 is 0 Å². The molecule has 48 heavy (non-hydrogen) atoms. The van der Waals surface area contributed by atoms with Crippen LogP contribution in [0.2, 0.25) is 0 Å². The van der Waals surface area contributed by atoms with Crippen molar-refractivity contribution in [1.82, 2.24) is 29.1 Å². The average Bonchev–Trinajstić information content (AvgIpc) is 3.67. The van der Waals surface area contributed by atoms with Gasteiger partial charge in [-0.25, -0.2) is 0 Å². The van der Waals surface area contributed by atoms with Crippen LogP contribution in [0.3, 0.4) is 0 Å². The summed E-state index contributed by atoms with van der Waals surface area (Å²) in [6.45, 7) is 2.28. The van der Waals surface area contributed by atoms with Gasteiger partial charge in [-0.3, -0.25) is 19.9 Å². The second-order valence-corrected chi connectivity index (χ2v) is 12.8. The van der Waals surface area contributed by atoms with Crippen molar-refractivity contribution in [2.24, 2.45) is 0 Å². The molecule has 8 rings (SSSR count). The summed E-state index contributed by atoms with van der Waals surface area (Å²) in [5, 5.41) is 4.87. The van der Waals surface area contributed by atoms with Crippen LogP contribution in [0.4, 0.5) is 0 Å². The number of hydrogen-bond acceptors (Lipinski definition) is 4. The zero-order valence-corrected chi connectivity index (χ0v) is 27.5. The van der Waals surface area contributed by atoms with Gasteiger partial charge >= 0.3 is 0 Å². The smallest absolute Gasteiger partial charge is 0.111 e. The molecule has 0 fully saturated rings. The highest BCUT2D eigenvalue weighted by Crippen LogP contribution is 2.43. The molecule has 0 aliphatic rings. The summed E-state index contributed by atoms with van der Waals surface area (Å²) in [6.07, 6.45) is 21.1. The minimum Gasteiger partial charge on any atom is -0.317 e. The molecular formula is C42H40N6. The van der Waals surface area contributed by atoms with Crippen LogP contribution in [-0.4, -0.2) is 29.1 Å². The lowest BCUT2D eigenvalue weighted by Crippen LogP contribution is -2.19. The van der Waals surface area contributed by atoms with Crippen molar-refractivity contribution < 1.29 is 0 Å². The first-order chi connectivity index (χ1) is 23.8. The number of unbranched alkanes of at least 4 members (excludes halogenated alkanes) is 6. The molecule has 2 aromatic carbocycles. The van der Waals surface area contributed by atoms with Gasteiger partial charge in [0.2, 0.25) is 0 Å². The molecule has 0 aliphatic carbocycles. The summed E-state index contributed by atoms with van der Waals surface area (Å²) in [5.41, 5.74) is 8.62. The van der Waals surface area contributed by atoms with Gasteiger partial charge in [-0.2, -0.15) is 0 Å². The van der Waals surface area contributed by atoms with Gasteiger partial charge in [0, 0.05) is 69.9 Å². The summed E-state index contributed by atoms with van der Waals surface area (Å²) >= 11 is 0. The van der Waals surface area contributed by atoms with Gasteiger partial charge in [-0.15, -0.1) is 0 Å². The number of hydrogen-bond donors (Lipinski definition) is 0. The summed E-state index contributed by atoms with van der Waals surface area (Å²) in [7, 11) is 0. The maximum Gasteiger partial charge on any atom is 0.111 e. The zero-order chi connectivity index (χ0) is 32.3. The molecule has 6 aromatic heterocycles. The minimum absolute atomic E-state index is 0.0373. The van der Waals surface area contributed by atoms with Crippen molar-refractivity contribution in [3.63, 3.8) is 0 Å². The Hall–Kier alpha value is -5.36. The Kier molecular flexibility index (Phi) is 8.38. The van der Waals surface area contributed by atoms with E-state index in [0.717, 1.165) is 46.4 Å². The fraction of sp³-hybridized carbons (Fsp3) is 0.238. The molecule has 0 aliphatic heterocycles. The van der Waals surface area contributed by atoms with E-state index in [-0.39, 0.29) is 6.17 Å². The van der Waals surface area contributed by atoms with Gasteiger partial charge in [-0.1, -0.05) is 81.8 Å². The molecule has 8 aromatic rings. The highest BCUT2D eigenvalue weighted by molar-refractivity contribution is 6.13. The van der Waals surface area contributed by atoms with Crippen LogP contribution in [0, 0.1) is 0 Å². The number of fused-ring (bicyclic) bond motifs is 6. The molecule has 6 nitrogen and oxygen atoms in total. The van der Waals surface area contributed by atoms with E-state index in [9.17, 15) is 0 Å². The van der Waals surface area contributed by atoms with Crippen LogP contribution >= 0.6 is 0 Å². The second kappa shape index (κ2) is 13.4. The molecule has 0 bridgehead atoms. The lowest BCUT2D eigenvalue weighted by Gasteiger charge is -2.27. The van der Waals surface area contributed by atoms with E-state index in [2.05, 4.69) is 98.8 Å². The Labute approximate surface area is 281 Å². The lowest BCUT2D eigenvalue weighted by atomic mass is 10.1. The highest BCUT2D eigenvalue weighted by atomic mass is 15.2. The first-order valence-electron chi connectivity index (χ1n) is 17.4. The molecule has 0 amide bonds. The Balaban J connectivity index is 1.42. The number of pyridine rings is 4. The second-order valence-electron chi connectivity index (χ2n) is 12.8. The van der Waals surface area contributed by atoms with Crippen LogP contribution in [-0.2, 0) is 0 Å². The van der Waals surface area contributed by atoms with E-state index < -0.39 is 0 Å². The molecule has 0 unspecified atom stereocenters. The van der Waals surface area contributed by atoms with Crippen molar-refractivity contribution in [1.29, 1.82) is 0 Å². The fourth-order valence-corrected chi connectivity index (χ4v) is 7.60. The molecule has 6 heterocycles. The van der Waals surface area contributed by atoms with Gasteiger partial charge in [0.15, 0.2) is 0 Å². The van der Waals surface area contributed by atoms with E-state index in [0.29, 0.717) is 0 Å². The molecule has 6 heteroatoms. The Morgan fingerprint density at radius 3 is 1.50 bits per heavy atom. The van der Waals surface area contributed by atoms with E-state index in [1.54, 1.807) is 0 Å². The number of aromatic nitrogens is 6. The quantitative estimate of drug-likeness (QED) is 0.126. The molecule has 0 N–H and O–H groups in total. The third-order valence-electron chi connectivity index (χ3n) is 9.77.